The van der Waals surface area contributed by atoms with Crippen molar-refractivity contribution in [3.05, 3.63) is 23.5 Å². The van der Waals surface area contributed by atoms with Crippen LogP contribution < -0.4 is 10.6 Å². The summed E-state index contributed by atoms with van der Waals surface area (Å²) in [6.07, 6.45) is 9.19. The molecule has 25 heavy (non-hydrogen) atoms. The number of anilines is 1. The van der Waals surface area contributed by atoms with Gasteiger partial charge in [0.1, 0.15) is 0 Å². The van der Waals surface area contributed by atoms with Crippen LogP contribution in [0, 0.1) is 23.2 Å². The van der Waals surface area contributed by atoms with Crippen LogP contribution in [0.5, 0.6) is 0 Å². The van der Waals surface area contributed by atoms with E-state index >= 15 is 0 Å². The van der Waals surface area contributed by atoms with Gasteiger partial charge in [0.05, 0.1) is 5.69 Å². The fourth-order valence-electron chi connectivity index (χ4n) is 5.78. The number of rotatable bonds is 3. The van der Waals surface area contributed by atoms with E-state index in [4.69, 9.17) is 11.6 Å². The number of nitrogens with zero attached hydrogens (tertiary/aromatic N) is 1. The van der Waals surface area contributed by atoms with E-state index in [1.807, 2.05) is 0 Å². The van der Waals surface area contributed by atoms with Gasteiger partial charge >= 0.3 is 11.8 Å². The van der Waals surface area contributed by atoms with Gasteiger partial charge in [0.25, 0.3) is 0 Å². The van der Waals surface area contributed by atoms with Crippen LogP contribution in [-0.2, 0) is 9.59 Å². The highest BCUT2D eigenvalue weighted by Gasteiger charge is 2.53. The Bertz CT molecular complexity index is 670. The van der Waals surface area contributed by atoms with Crippen LogP contribution in [0.4, 0.5) is 5.69 Å². The van der Waals surface area contributed by atoms with Crippen molar-refractivity contribution in [1.29, 1.82) is 0 Å². The Morgan fingerprint density at radius 3 is 2.32 bits per heavy atom. The third-order valence-corrected chi connectivity index (χ3v) is 6.87. The van der Waals surface area contributed by atoms with Gasteiger partial charge in [0.15, 0.2) is 5.15 Å². The Morgan fingerprint density at radius 2 is 1.76 bits per heavy atom. The van der Waals surface area contributed by atoms with Gasteiger partial charge in [-0.1, -0.05) is 11.6 Å². The highest BCUT2D eigenvalue weighted by Crippen LogP contribution is 2.61. The highest BCUT2D eigenvalue weighted by atomic mass is 35.5. The quantitative estimate of drug-likeness (QED) is 0.640. The first kappa shape index (κ1) is 16.8. The van der Waals surface area contributed by atoms with E-state index in [9.17, 15) is 9.59 Å². The maximum atomic E-state index is 12.4. The summed E-state index contributed by atoms with van der Waals surface area (Å²) in [6.45, 7) is 2.06. The van der Waals surface area contributed by atoms with Crippen molar-refractivity contribution in [2.24, 2.45) is 23.2 Å². The van der Waals surface area contributed by atoms with Crippen molar-refractivity contribution < 1.29 is 9.59 Å². The third-order valence-electron chi connectivity index (χ3n) is 6.57. The summed E-state index contributed by atoms with van der Waals surface area (Å²) in [5.41, 5.74) is 0.531. The van der Waals surface area contributed by atoms with Crippen LogP contribution in [0.2, 0.25) is 5.15 Å². The molecular formula is C19H24ClN3O2. The molecule has 1 aromatic heterocycles. The maximum absolute atomic E-state index is 12.4. The van der Waals surface area contributed by atoms with Gasteiger partial charge in [-0.25, -0.2) is 4.98 Å². The van der Waals surface area contributed by atoms with E-state index in [0.29, 0.717) is 5.69 Å². The molecular weight excluding hydrogens is 338 g/mol. The van der Waals surface area contributed by atoms with Gasteiger partial charge in [-0.3, -0.25) is 9.59 Å². The fourth-order valence-corrected chi connectivity index (χ4v) is 5.95. The van der Waals surface area contributed by atoms with Crippen LogP contribution in [0.15, 0.2) is 18.3 Å². The predicted octanol–water partition coefficient (Wildman–Crippen LogP) is 3.39. The molecule has 4 aliphatic rings. The molecule has 1 aromatic rings. The van der Waals surface area contributed by atoms with Crippen molar-refractivity contribution in [2.45, 2.75) is 51.5 Å². The molecule has 4 aliphatic carbocycles. The summed E-state index contributed by atoms with van der Waals surface area (Å²) >= 11 is 5.93. The summed E-state index contributed by atoms with van der Waals surface area (Å²) in [6, 6.07) is 3.31. The van der Waals surface area contributed by atoms with Crippen molar-refractivity contribution in [1.82, 2.24) is 10.3 Å². The summed E-state index contributed by atoms with van der Waals surface area (Å²) in [5.74, 6) is 1.16. The maximum Gasteiger partial charge on any atom is 0.313 e. The normalized spacial score (nSPS) is 33.8. The lowest BCUT2D eigenvalue weighted by atomic mass is 9.48. The molecule has 4 saturated carbocycles. The number of nitrogens with one attached hydrogen (secondary N) is 2. The van der Waals surface area contributed by atoms with Crippen LogP contribution >= 0.6 is 11.6 Å². The minimum absolute atomic E-state index is 0.0171. The van der Waals surface area contributed by atoms with Crippen LogP contribution in [0.1, 0.15) is 45.4 Å². The van der Waals surface area contributed by atoms with Gasteiger partial charge in [-0.15, -0.1) is 0 Å². The van der Waals surface area contributed by atoms with Gasteiger partial charge in [-0.05, 0) is 80.8 Å². The summed E-state index contributed by atoms with van der Waals surface area (Å²) < 4.78 is 0. The minimum Gasteiger partial charge on any atom is -0.345 e. The smallest absolute Gasteiger partial charge is 0.313 e. The second-order valence-electron chi connectivity index (χ2n) is 8.27. The first-order valence-electron chi connectivity index (χ1n) is 9.17. The molecule has 4 bridgehead atoms. The van der Waals surface area contributed by atoms with Crippen molar-refractivity contribution in [3.8, 4) is 0 Å². The van der Waals surface area contributed by atoms with E-state index in [0.717, 1.165) is 17.8 Å². The monoisotopic (exact) mass is 361 g/mol. The largest absolute Gasteiger partial charge is 0.345 e. The Labute approximate surface area is 152 Å². The number of hydrogen-bond donors (Lipinski definition) is 2. The molecule has 2 N–H and O–H groups in total. The number of amides is 2. The SMILES string of the molecule is CC(NC(=O)C(=O)Nc1cccnc1Cl)C12CC3CC(CC(C3)C1)C2. The molecule has 134 valence electrons. The van der Waals surface area contributed by atoms with Gasteiger partial charge < -0.3 is 10.6 Å². The number of hydrogen-bond acceptors (Lipinski definition) is 3. The number of carbonyl (C=O) groups excluding carboxylic acids is 2. The minimum atomic E-state index is -0.688. The first-order chi connectivity index (χ1) is 11.9. The predicted molar refractivity (Wildman–Crippen MR) is 96.1 cm³/mol. The van der Waals surface area contributed by atoms with Crippen molar-refractivity contribution in [2.75, 3.05) is 5.32 Å². The van der Waals surface area contributed by atoms with Gasteiger partial charge in [0, 0.05) is 12.2 Å². The number of carbonyl (C=O) groups is 2. The standard InChI is InChI=1S/C19H24ClN3O2/c1-11(19-8-12-5-13(9-19)7-14(6-12)10-19)22-17(24)18(25)23-15-3-2-4-21-16(15)20/h2-4,11-14H,5-10H2,1H3,(H,22,24)(H,23,25). The second kappa shape index (κ2) is 6.27. The first-order valence-corrected chi connectivity index (χ1v) is 9.55. The Morgan fingerprint density at radius 1 is 1.16 bits per heavy atom. The van der Waals surface area contributed by atoms with Crippen molar-refractivity contribution in [3.63, 3.8) is 0 Å². The van der Waals surface area contributed by atoms with E-state index in [-0.39, 0.29) is 16.6 Å². The average molecular weight is 362 g/mol. The molecule has 1 heterocycles. The van der Waals surface area contributed by atoms with E-state index in [1.165, 1.54) is 44.7 Å². The van der Waals surface area contributed by atoms with Crippen LogP contribution in [0.25, 0.3) is 0 Å². The third kappa shape index (κ3) is 3.14. The molecule has 1 unspecified atom stereocenters. The molecule has 5 rings (SSSR count). The molecule has 0 aliphatic heterocycles. The zero-order valence-electron chi connectivity index (χ0n) is 14.4. The molecule has 5 nitrogen and oxygen atoms in total. The second-order valence-corrected chi connectivity index (χ2v) is 8.63. The van der Waals surface area contributed by atoms with Crippen LogP contribution in [0.3, 0.4) is 0 Å². The molecule has 0 aromatic carbocycles. The van der Waals surface area contributed by atoms with Gasteiger partial charge in [-0.2, -0.15) is 0 Å². The van der Waals surface area contributed by atoms with Crippen molar-refractivity contribution >= 4 is 29.1 Å². The number of pyridine rings is 1. The number of aromatic nitrogens is 1. The lowest BCUT2D eigenvalue weighted by molar-refractivity contribution is -0.138. The number of halogens is 1. The summed E-state index contributed by atoms with van der Waals surface area (Å²) in [5, 5.41) is 5.68. The molecule has 0 saturated heterocycles. The summed E-state index contributed by atoms with van der Waals surface area (Å²) in [4.78, 5) is 28.5. The molecule has 1 atom stereocenters. The molecule has 0 radical (unpaired) electrons. The van der Waals surface area contributed by atoms with Crippen LogP contribution in [-0.4, -0.2) is 22.8 Å². The highest BCUT2D eigenvalue weighted by molar-refractivity contribution is 6.41. The molecule has 0 spiro atoms. The Balaban J connectivity index is 1.40. The lowest BCUT2D eigenvalue weighted by Gasteiger charge is -2.59. The topological polar surface area (TPSA) is 71.1 Å². The summed E-state index contributed by atoms with van der Waals surface area (Å²) in [7, 11) is 0. The molecule has 6 heteroatoms. The van der Waals surface area contributed by atoms with Gasteiger partial charge in [0.2, 0.25) is 0 Å². The lowest BCUT2D eigenvalue weighted by Crippen LogP contribution is -2.57. The average Bonchev–Trinajstić information content (AvgIpc) is 2.55. The Kier molecular flexibility index (Phi) is 4.22. The fraction of sp³-hybridized carbons (Fsp3) is 0.632. The molecule has 2 amide bonds. The van der Waals surface area contributed by atoms with E-state index in [1.54, 1.807) is 12.1 Å². The van der Waals surface area contributed by atoms with E-state index in [2.05, 4.69) is 22.5 Å². The zero-order valence-corrected chi connectivity index (χ0v) is 15.2. The van der Waals surface area contributed by atoms with E-state index < -0.39 is 11.8 Å². The Hall–Kier alpha value is -1.62. The zero-order chi connectivity index (χ0) is 17.6. The molecule has 4 fully saturated rings.